The van der Waals surface area contributed by atoms with Crippen LogP contribution in [-0.2, 0) is 6.42 Å². The molecule has 0 bridgehead atoms. The largest absolute Gasteiger partial charge is 0.481 e. The summed E-state index contributed by atoms with van der Waals surface area (Å²) >= 11 is 0. The minimum Gasteiger partial charge on any atom is -0.481 e. The van der Waals surface area contributed by atoms with Gasteiger partial charge < -0.3 is 10.1 Å². The van der Waals surface area contributed by atoms with Gasteiger partial charge in [-0.05, 0) is 48.4 Å². The highest BCUT2D eigenvalue weighted by molar-refractivity contribution is 6.04. The molecule has 0 spiro atoms. The molecule has 0 unspecified atom stereocenters. The predicted molar refractivity (Wildman–Crippen MR) is 84.5 cm³/mol. The molecule has 0 heterocycles. The Hall–Kier alpha value is -2.73. The molecule has 1 N–H and O–H groups in total. The summed E-state index contributed by atoms with van der Waals surface area (Å²) in [5.41, 5.74) is 2.59. The second-order valence-electron chi connectivity index (χ2n) is 4.52. The Labute approximate surface area is 125 Å². The van der Waals surface area contributed by atoms with Crippen LogP contribution in [0.4, 0.5) is 5.69 Å². The molecule has 0 aliphatic rings. The molecule has 106 valence electrons. The highest BCUT2D eigenvalue weighted by atomic mass is 16.5. The zero-order chi connectivity index (χ0) is 15.1. The number of benzene rings is 2. The maximum Gasteiger partial charge on any atom is 0.255 e. The van der Waals surface area contributed by atoms with Crippen LogP contribution in [0.5, 0.6) is 5.75 Å². The van der Waals surface area contributed by atoms with Gasteiger partial charge in [-0.1, -0.05) is 25.0 Å². The van der Waals surface area contributed by atoms with Crippen LogP contribution in [0.25, 0.3) is 0 Å². The molecule has 0 aromatic heterocycles. The van der Waals surface area contributed by atoms with Gasteiger partial charge in [-0.15, -0.1) is 6.42 Å². The number of hydrogen-bond acceptors (Lipinski definition) is 2. The van der Waals surface area contributed by atoms with Crippen LogP contribution < -0.4 is 10.1 Å². The van der Waals surface area contributed by atoms with Gasteiger partial charge in [0, 0.05) is 11.3 Å². The van der Waals surface area contributed by atoms with Gasteiger partial charge in [-0.25, -0.2) is 0 Å². The van der Waals surface area contributed by atoms with E-state index in [4.69, 9.17) is 11.2 Å². The number of terminal acetylenes is 1. The molecule has 0 aliphatic heterocycles. The van der Waals surface area contributed by atoms with Crippen molar-refractivity contribution in [3.63, 3.8) is 0 Å². The zero-order valence-electron chi connectivity index (χ0n) is 11.9. The lowest BCUT2D eigenvalue weighted by atomic mass is 10.1. The number of amides is 1. The summed E-state index contributed by atoms with van der Waals surface area (Å²) in [6.45, 7) is 2.31. The van der Waals surface area contributed by atoms with Crippen molar-refractivity contribution in [2.24, 2.45) is 0 Å². The summed E-state index contributed by atoms with van der Waals surface area (Å²) in [5, 5.41) is 2.86. The molecule has 0 atom stereocenters. The van der Waals surface area contributed by atoms with Gasteiger partial charge in [0.2, 0.25) is 0 Å². The number of aryl methyl sites for hydroxylation is 1. The van der Waals surface area contributed by atoms with Crippen LogP contribution in [0.15, 0.2) is 48.5 Å². The molecule has 3 heteroatoms. The van der Waals surface area contributed by atoms with E-state index in [9.17, 15) is 4.79 Å². The summed E-state index contributed by atoms with van der Waals surface area (Å²) in [6.07, 6.45) is 6.10. The van der Waals surface area contributed by atoms with Crippen molar-refractivity contribution in [3.8, 4) is 18.1 Å². The van der Waals surface area contributed by atoms with E-state index in [1.807, 2.05) is 24.3 Å². The number of anilines is 1. The molecular formula is C18H17NO2. The molecule has 0 fully saturated rings. The minimum absolute atomic E-state index is 0.150. The third-order valence-electron chi connectivity index (χ3n) is 3.06. The Morgan fingerprint density at radius 1 is 1.14 bits per heavy atom. The molecule has 21 heavy (non-hydrogen) atoms. The first-order chi connectivity index (χ1) is 10.2. The highest BCUT2D eigenvalue weighted by Crippen LogP contribution is 2.15. The van der Waals surface area contributed by atoms with Crippen molar-refractivity contribution in [3.05, 3.63) is 59.7 Å². The van der Waals surface area contributed by atoms with Crippen LogP contribution in [0.1, 0.15) is 22.8 Å². The quantitative estimate of drug-likeness (QED) is 0.850. The lowest BCUT2D eigenvalue weighted by Crippen LogP contribution is -2.11. The molecule has 1 amide bonds. The van der Waals surface area contributed by atoms with E-state index in [1.54, 1.807) is 24.3 Å². The van der Waals surface area contributed by atoms with Crippen molar-refractivity contribution in [2.75, 3.05) is 11.9 Å². The Kier molecular flexibility index (Phi) is 5.00. The fourth-order valence-corrected chi connectivity index (χ4v) is 1.85. The number of carbonyl (C=O) groups is 1. The molecule has 0 radical (unpaired) electrons. The van der Waals surface area contributed by atoms with E-state index in [2.05, 4.69) is 18.2 Å². The molecule has 2 aromatic carbocycles. The van der Waals surface area contributed by atoms with Crippen molar-refractivity contribution < 1.29 is 9.53 Å². The maximum absolute atomic E-state index is 12.1. The smallest absolute Gasteiger partial charge is 0.255 e. The van der Waals surface area contributed by atoms with Gasteiger partial charge in [-0.2, -0.15) is 0 Å². The summed E-state index contributed by atoms with van der Waals surface area (Å²) in [6, 6.07) is 14.7. The minimum atomic E-state index is -0.150. The van der Waals surface area contributed by atoms with E-state index in [0.717, 1.165) is 12.1 Å². The lowest BCUT2D eigenvalue weighted by molar-refractivity contribution is 0.102. The standard InChI is InChI=1S/C18H17NO2/c1-3-13-21-17-11-7-15(8-12-17)18(20)19-16-9-5-14(4-2)6-10-16/h1,5-12H,4,13H2,2H3,(H,19,20). The normalized spacial score (nSPS) is 9.71. The van der Waals surface area contributed by atoms with Gasteiger partial charge in [0.1, 0.15) is 12.4 Å². The topological polar surface area (TPSA) is 38.3 Å². The summed E-state index contributed by atoms with van der Waals surface area (Å²) in [4.78, 5) is 12.1. The van der Waals surface area contributed by atoms with E-state index in [1.165, 1.54) is 5.56 Å². The summed E-state index contributed by atoms with van der Waals surface area (Å²) < 4.78 is 5.27. The second kappa shape index (κ2) is 7.16. The summed E-state index contributed by atoms with van der Waals surface area (Å²) in [5.74, 6) is 2.89. The first-order valence-corrected chi connectivity index (χ1v) is 6.79. The van der Waals surface area contributed by atoms with Crippen LogP contribution >= 0.6 is 0 Å². The fraction of sp³-hybridized carbons (Fsp3) is 0.167. The maximum atomic E-state index is 12.1. The summed E-state index contributed by atoms with van der Waals surface area (Å²) in [7, 11) is 0. The molecule has 2 rings (SSSR count). The molecule has 0 aliphatic carbocycles. The average Bonchev–Trinajstić information content (AvgIpc) is 2.54. The number of carbonyl (C=O) groups excluding carboxylic acids is 1. The molecule has 0 saturated carbocycles. The van der Waals surface area contributed by atoms with E-state index in [-0.39, 0.29) is 12.5 Å². The van der Waals surface area contributed by atoms with Gasteiger partial charge in [0.15, 0.2) is 0 Å². The first kappa shape index (κ1) is 14.7. The van der Waals surface area contributed by atoms with Crippen molar-refractivity contribution in [2.45, 2.75) is 13.3 Å². The average molecular weight is 279 g/mol. The Bertz CT molecular complexity index is 636. The van der Waals surface area contributed by atoms with Crippen LogP contribution in [0.2, 0.25) is 0 Å². The number of ether oxygens (including phenoxy) is 1. The SMILES string of the molecule is C#CCOc1ccc(C(=O)Nc2ccc(CC)cc2)cc1. The second-order valence-corrected chi connectivity index (χ2v) is 4.52. The van der Waals surface area contributed by atoms with E-state index >= 15 is 0 Å². The Balaban J connectivity index is 2.00. The Morgan fingerprint density at radius 3 is 2.38 bits per heavy atom. The molecule has 2 aromatic rings. The first-order valence-electron chi connectivity index (χ1n) is 6.79. The monoisotopic (exact) mass is 279 g/mol. The zero-order valence-corrected chi connectivity index (χ0v) is 11.9. The highest BCUT2D eigenvalue weighted by Gasteiger charge is 2.06. The van der Waals surface area contributed by atoms with Crippen molar-refractivity contribution in [1.29, 1.82) is 0 Å². The van der Waals surface area contributed by atoms with Gasteiger partial charge >= 0.3 is 0 Å². The fourth-order valence-electron chi connectivity index (χ4n) is 1.85. The number of hydrogen-bond donors (Lipinski definition) is 1. The van der Waals surface area contributed by atoms with Gasteiger partial charge in [0.05, 0.1) is 0 Å². The van der Waals surface area contributed by atoms with Crippen molar-refractivity contribution >= 4 is 11.6 Å². The molecule has 0 saturated heterocycles. The van der Waals surface area contributed by atoms with Gasteiger partial charge in [0.25, 0.3) is 5.91 Å². The number of nitrogens with one attached hydrogen (secondary N) is 1. The van der Waals surface area contributed by atoms with Crippen LogP contribution in [0.3, 0.4) is 0 Å². The number of rotatable bonds is 5. The Morgan fingerprint density at radius 2 is 1.81 bits per heavy atom. The van der Waals surface area contributed by atoms with E-state index in [0.29, 0.717) is 11.3 Å². The molecule has 3 nitrogen and oxygen atoms in total. The van der Waals surface area contributed by atoms with E-state index < -0.39 is 0 Å². The lowest BCUT2D eigenvalue weighted by Gasteiger charge is -2.07. The predicted octanol–water partition coefficient (Wildman–Crippen LogP) is 3.51. The third-order valence-corrected chi connectivity index (χ3v) is 3.06. The third kappa shape index (κ3) is 4.12. The van der Waals surface area contributed by atoms with Crippen molar-refractivity contribution in [1.82, 2.24) is 0 Å². The van der Waals surface area contributed by atoms with Gasteiger partial charge in [-0.3, -0.25) is 4.79 Å². The van der Waals surface area contributed by atoms with Crippen LogP contribution in [0, 0.1) is 12.3 Å². The molecular weight excluding hydrogens is 262 g/mol. The van der Waals surface area contributed by atoms with Crippen LogP contribution in [-0.4, -0.2) is 12.5 Å².